The number of aryl methyl sites for hydroxylation is 1. The summed E-state index contributed by atoms with van der Waals surface area (Å²) in [6.45, 7) is 3.50. The van der Waals surface area contributed by atoms with E-state index in [0.29, 0.717) is 24.5 Å². The molecule has 0 fully saturated rings. The third-order valence-corrected chi connectivity index (χ3v) is 7.01. The fourth-order valence-electron chi connectivity index (χ4n) is 5.09. The summed E-state index contributed by atoms with van der Waals surface area (Å²) in [5.41, 5.74) is 5.73. The quantitative estimate of drug-likeness (QED) is 0.285. The second-order valence-corrected chi connectivity index (χ2v) is 9.15. The summed E-state index contributed by atoms with van der Waals surface area (Å²) in [5, 5.41) is 2.22. The Hall–Kier alpha value is -4.58. The molecule has 6 rings (SSSR count). The first kappa shape index (κ1) is 22.9. The van der Waals surface area contributed by atoms with Crippen molar-refractivity contribution in [2.24, 2.45) is 4.99 Å². The van der Waals surface area contributed by atoms with Crippen molar-refractivity contribution < 1.29 is 9.53 Å². The number of methoxy groups -OCH3 is 1. The van der Waals surface area contributed by atoms with Gasteiger partial charge in [0.05, 0.1) is 7.11 Å². The highest BCUT2D eigenvalue weighted by atomic mass is 16.5. The third-order valence-electron chi connectivity index (χ3n) is 7.01. The van der Waals surface area contributed by atoms with E-state index in [4.69, 9.17) is 9.73 Å². The molecule has 3 heterocycles. The smallest absolute Gasteiger partial charge is 0.278 e. The number of amides is 1. The van der Waals surface area contributed by atoms with Gasteiger partial charge in [-0.25, -0.2) is 4.99 Å². The number of carbonyl (C=O) groups excluding carboxylic acids is 1. The zero-order valence-corrected chi connectivity index (χ0v) is 20.9. The first-order valence-electron chi connectivity index (χ1n) is 12.6. The van der Waals surface area contributed by atoms with E-state index >= 15 is 0 Å². The second kappa shape index (κ2) is 9.47. The standard InChI is InChI=1S/C31H28N4O2/c1-3-34-20-23(25-11-7-8-12-29(25)34)17-28-31(36)35(30(33-28)21-9-5-4-6-10-21)16-15-22-19-32-27-14-13-24(37-2)18-26(22)27/h4-14,17-20,32H,3,15-16H2,1-2H3. The number of carbonyl (C=O) groups is 1. The Labute approximate surface area is 215 Å². The first-order chi connectivity index (χ1) is 18.2. The molecule has 5 aromatic rings. The number of benzene rings is 3. The van der Waals surface area contributed by atoms with Crippen LogP contribution < -0.4 is 4.74 Å². The van der Waals surface area contributed by atoms with Gasteiger partial charge in [-0.15, -0.1) is 0 Å². The van der Waals surface area contributed by atoms with Crippen LogP contribution in [0.1, 0.15) is 23.6 Å². The Kier molecular flexibility index (Phi) is 5.85. The molecule has 1 aliphatic heterocycles. The van der Waals surface area contributed by atoms with Crippen molar-refractivity contribution in [2.45, 2.75) is 19.9 Å². The number of fused-ring (bicyclic) bond motifs is 2. The zero-order valence-electron chi connectivity index (χ0n) is 20.9. The maximum absolute atomic E-state index is 13.7. The van der Waals surface area contributed by atoms with Crippen LogP contribution in [0.15, 0.2) is 95.9 Å². The predicted octanol–water partition coefficient (Wildman–Crippen LogP) is 6.02. The van der Waals surface area contributed by atoms with Gasteiger partial charge in [-0.1, -0.05) is 48.5 Å². The number of rotatable bonds is 7. The first-order valence-corrected chi connectivity index (χ1v) is 12.6. The number of amidine groups is 1. The zero-order chi connectivity index (χ0) is 25.4. The Morgan fingerprint density at radius 1 is 1.00 bits per heavy atom. The van der Waals surface area contributed by atoms with Gasteiger partial charge in [-0.05, 0) is 49.2 Å². The molecule has 37 heavy (non-hydrogen) atoms. The van der Waals surface area contributed by atoms with Gasteiger partial charge in [0.2, 0.25) is 0 Å². The van der Waals surface area contributed by atoms with Crippen LogP contribution in [0.2, 0.25) is 0 Å². The summed E-state index contributed by atoms with van der Waals surface area (Å²) in [4.78, 5) is 23.7. The summed E-state index contributed by atoms with van der Waals surface area (Å²) in [6, 6.07) is 24.2. The van der Waals surface area contributed by atoms with Gasteiger partial charge >= 0.3 is 0 Å². The fraction of sp³-hybridized carbons (Fsp3) is 0.161. The highest BCUT2D eigenvalue weighted by Crippen LogP contribution is 2.29. The number of H-pyrrole nitrogens is 1. The highest BCUT2D eigenvalue weighted by molar-refractivity contribution is 6.20. The molecular weight excluding hydrogens is 460 g/mol. The Bertz CT molecular complexity index is 1670. The average Bonchev–Trinajstić information content (AvgIpc) is 3.61. The number of nitrogens with zero attached hydrogens (tertiary/aromatic N) is 3. The number of ether oxygens (including phenoxy) is 1. The van der Waals surface area contributed by atoms with E-state index in [9.17, 15) is 4.79 Å². The van der Waals surface area contributed by atoms with Gasteiger partial charge in [-0.2, -0.15) is 0 Å². The van der Waals surface area contributed by atoms with Gasteiger partial charge in [0.1, 0.15) is 17.3 Å². The van der Waals surface area contributed by atoms with E-state index in [1.54, 1.807) is 12.0 Å². The van der Waals surface area contributed by atoms with E-state index < -0.39 is 0 Å². The summed E-state index contributed by atoms with van der Waals surface area (Å²) in [6.07, 6.45) is 6.73. The Morgan fingerprint density at radius 3 is 2.62 bits per heavy atom. The van der Waals surface area contributed by atoms with Crippen LogP contribution in [-0.2, 0) is 17.8 Å². The fourth-order valence-corrected chi connectivity index (χ4v) is 5.09. The minimum Gasteiger partial charge on any atom is -0.497 e. The molecule has 0 radical (unpaired) electrons. The van der Waals surface area contributed by atoms with Crippen LogP contribution in [0.4, 0.5) is 0 Å². The molecule has 0 aliphatic carbocycles. The maximum atomic E-state index is 13.7. The lowest BCUT2D eigenvalue weighted by Gasteiger charge is -2.18. The van der Waals surface area contributed by atoms with Crippen molar-refractivity contribution in [3.63, 3.8) is 0 Å². The molecule has 3 aromatic carbocycles. The van der Waals surface area contributed by atoms with Gasteiger partial charge in [0.15, 0.2) is 0 Å². The monoisotopic (exact) mass is 488 g/mol. The molecule has 6 nitrogen and oxygen atoms in total. The highest BCUT2D eigenvalue weighted by Gasteiger charge is 2.31. The van der Waals surface area contributed by atoms with Crippen LogP contribution in [0.3, 0.4) is 0 Å². The number of hydrogen-bond donors (Lipinski definition) is 1. The Balaban J connectivity index is 1.36. The van der Waals surface area contributed by atoms with E-state index in [2.05, 4.69) is 34.8 Å². The van der Waals surface area contributed by atoms with Crippen molar-refractivity contribution in [1.82, 2.24) is 14.5 Å². The Morgan fingerprint density at radius 2 is 1.81 bits per heavy atom. The summed E-state index contributed by atoms with van der Waals surface area (Å²) < 4.78 is 7.62. The van der Waals surface area contributed by atoms with Crippen LogP contribution >= 0.6 is 0 Å². The van der Waals surface area contributed by atoms with Crippen molar-refractivity contribution in [3.05, 3.63) is 108 Å². The van der Waals surface area contributed by atoms with Crippen LogP contribution in [0.5, 0.6) is 5.75 Å². The summed E-state index contributed by atoms with van der Waals surface area (Å²) >= 11 is 0. The molecule has 0 saturated heterocycles. The topological polar surface area (TPSA) is 62.6 Å². The van der Waals surface area contributed by atoms with Gasteiger partial charge in [0.25, 0.3) is 5.91 Å². The number of hydrogen-bond acceptors (Lipinski definition) is 3. The van der Waals surface area contributed by atoms with Crippen LogP contribution in [0, 0.1) is 0 Å². The number of aromatic nitrogens is 2. The molecular formula is C31H28N4O2. The molecule has 0 unspecified atom stereocenters. The lowest BCUT2D eigenvalue weighted by atomic mass is 10.1. The average molecular weight is 489 g/mol. The third kappa shape index (κ3) is 4.10. The number of para-hydroxylation sites is 1. The normalized spacial score (nSPS) is 14.8. The summed E-state index contributed by atoms with van der Waals surface area (Å²) in [7, 11) is 1.67. The lowest BCUT2D eigenvalue weighted by molar-refractivity contribution is -0.122. The van der Waals surface area contributed by atoms with E-state index in [1.165, 1.54) is 0 Å². The predicted molar refractivity (Wildman–Crippen MR) is 149 cm³/mol. The number of aromatic amines is 1. The minimum absolute atomic E-state index is 0.0791. The molecule has 184 valence electrons. The van der Waals surface area contributed by atoms with Crippen LogP contribution in [0.25, 0.3) is 27.9 Å². The molecule has 0 atom stereocenters. The number of aliphatic imine (C=N–C) groups is 1. The maximum Gasteiger partial charge on any atom is 0.278 e. The van der Waals surface area contributed by atoms with Crippen molar-refractivity contribution in [3.8, 4) is 5.75 Å². The largest absolute Gasteiger partial charge is 0.497 e. The van der Waals surface area contributed by atoms with Gasteiger partial charge in [0, 0.05) is 58.4 Å². The van der Waals surface area contributed by atoms with Crippen molar-refractivity contribution >= 4 is 39.6 Å². The van der Waals surface area contributed by atoms with Crippen molar-refractivity contribution in [2.75, 3.05) is 13.7 Å². The van der Waals surface area contributed by atoms with Crippen molar-refractivity contribution in [1.29, 1.82) is 0 Å². The van der Waals surface area contributed by atoms with E-state index in [0.717, 1.165) is 50.8 Å². The van der Waals surface area contributed by atoms with Gasteiger partial charge in [-0.3, -0.25) is 9.69 Å². The number of nitrogens with one attached hydrogen (secondary N) is 1. The molecule has 1 amide bonds. The van der Waals surface area contributed by atoms with E-state index in [-0.39, 0.29) is 5.91 Å². The molecule has 1 N–H and O–H groups in total. The molecule has 0 bridgehead atoms. The lowest BCUT2D eigenvalue weighted by Crippen LogP contribution is -2.34. The van der Waals surface area contributed by atoms with E-state index in [1.807, 2.05) is 72.9 Å². The molecule has 6 heteroatoms. The minimum atomic E-state index is -0.0791. The summed E-state index contributed by atoms with van der Waals surface area (Å²) in [5.74, 6) is 1.42. The molecule has 2 aromatic heterocycles. The molecule has 1 aliphatic rings. The SMILES string of the molecule is CCn1cc(C=C2N=C(c3ccccc3)N(CCc3c[nH]c4ccc(OC)cc34)C2=O)c2ccccc21. The molecule has 0 spiro atoms. The second-order valence-electron chi connectivity index (χ2n) is 9.15. The van der Waals surface area contributed by atoms with Gasteiger partial charge < -0.3 is 14.3 Å². The van der Waals surface area contributed by atoms with Crippen LogP contribution in [-0.4, -0.2) is 39.8 Å². The molecule has 0 saturated carbocycles.